The van der Waals surface area contributed by atoms with Gasteiger partial charge < -0.3 is 15.8 Å². The van der Waals surface area contributed by atoms with E-state index in [2.05, 4.69) is 5.32 Å². The summed E-state index contributed by atoms with van der Waals surface area (Å²) < 4.78 is 5.36. The summed E-state index contributed by atoms with van der Waals surface area (Å²) in [6.07, 6.45) is 2.31. The van der Waals surface area contributed by atoms with E-state index in [9.17, 15) is 4.79 Å². The van der Waals surface area contributed by atoms with E-state index in [4.69, 9.17) is 10.5 Å². The van der Waals surface area contributed by atoms with Crippen molar-refractivity contribution in [2.45, 2.75) is 38.3 Å². The van der Waals surface area contributed by atoms with E-state index >= 15 is 0 Å². The number of nitrogens with two attached hydrogens (primary N) is 1. The molecule has 3 N–H and O–H groups in total. The highest BCUT2D eigenvalue weighted by Gasteiger charge is 2.23. The summed E-state index contributed by atoms with van der Waals surface area (Å²) in [4.78, 5) is 11.3. The first-order chi connectivity index (χ1) is 6.00. The summed E-state index contributed by atoms with van der Waals surface area (Å²) in [5, 5.41) is 2.78. The van der Waals surface area contributed by atoms with Gasteiger partial charge in [-0.2, -0.15) is 0 Å². The molecule has 1 fully saturated rings. The normalized spacial score (nSPS) is 23.2. The van der Waals surface area contributed by atoms with Crippen LogP contribution in [0.2, 0.25) is 0 Å². The Morgan fingerprint density at radius 3 is 2.85 bits per heavy atom. The number of carbonyl (C=O) groups excluding carboxylic acids is 1. The minimum Gasteiger partial charge on any atom is -0.376 e. The molecule has 4 nitrogen and oxygen atoms in total. The molecule has 13 heavy (non-hydrogen) atoms. The zero-order chi connectivity index (χ0) is 9.90. The molecule has 1 saturated heterocycles. The van der Waals surface area contributed by atoms with E-state index in [0.29, 0.717) is 6.54 Å². The van der Waals surface area contributed by atoms with E-state index in [0.717, 1.165) is 19.4 Å². The number of amides is 1. The lowest BCUT2D eigenvalue weighted by molar-refractivity contribution is -0.125. The highest BCUT2D eigenvalue weighted by molar-refractivity contribution is 5.85. The SMILES string of the molecule is CC(C)(N)C(=O)NC[C@@H]1CCCO1. The molecule has 76 valence electrons. The molecule has 1 amide bonds. The van der Waals surface area contributed by atoms with Crippen LogP contribution in [0.25, 0.3) is 0 Å². The lowest BCUT2D eigenvalue weighted by atomic mass is 10.1. The topological polar surface area (TPSA) is 64.4 Å². The number of rotatable bonds is 3. The number of hydrogen-bond donors (Lipinski definition) is 2. The van der Waals surface area contributed by atoms with Gasteiger partial charge in [0.15, 0.2) is 0 Å². The molecule has 0 spiro atoms. The van der Waals surface area contributed by atoms with Gasteiger partial charge in [-0.1, -0.05) is 0 Å². The van der Waals surface area contributed by atoms with Crippen LogP contribution in [0.1, 0.15) is 26.7 Å². The van der Waals surface area contributed by atoms with Gasteiger partial charge in [0.2, 0.25) is 5.91 Å². The Kier molecular flexibility index (Phi) is 3.27. The van der Waals surface area contributed by atoms with Crippen LogP contribution >= 0.6 is 0 Å². The Labute approximate surface area is 78.8 Å². The van der Waals surface area contributed by atoms with Crippen LogP contribution in [0.5, 0.6) is 0 Å². The van der Waals surface area contributed by atoms with Gasteiger partial charge in [-0.15, -0.1) is 0 Å². The number of carbonyl (C=O) groups is 1. The fourth-order valence-corrected chi connectivity index (χ4v) is 1.24. The Hall–Kier alpha value is -0.610. The maximum absolute atomic E-state index is 11.3. The molecule has 0 aliphatic carbocycles. The second-order valence-electron chi connectivity index (χ2n) is 4.07. The van der Waals surface area contributed by atoms with Gasteiger partial charge in [0.25, 0.3) is 0 Å². The molecule has 1 rings (SSSR count). The van der Waals surface area contributed by atoms with E-state index in [1.54, 1.807) is 13.8 Å². The maximum atomic E-state index is 11.3. The van der Waals surface area contributed by atoms with Gasteiger partial charge in [0.05, 0.1) is 11.6 Å². The fraction of sp³-hybridized carbons (Fsp3) is 0.889. The van der Waals surface area contributed by atoms with E-state index in [1.165, 1.54) is 0 Å². The Morgan fingerprint density at radius 2 is 2.38 bits per heavy atom. The van der Waals surface area contributed by atoms with Gasteiger partial charge in [-0.3, -0.25) is 4.79 Å². The van der Waals surface area contributed by atoms with Crippen molar-refractivity contribution in [3.8, 4) is 0 Å². The standard InChI is InChI=1S/C9H18N2O2/c1-9(2,10)8(12)11-6-7-4-3-5-13-7/h7H,3-6,10H2,1-2H3,(H,11,12)/t7-/m0/s1. The summed E-state index contributed by atoms with van der Waals surface area (Å²) in [5.74, 6) is -0.122. The summed E-state index contributed by atoms with van der Waals surface area (Å²) in [6.45, 7) is 4.78. The lowest BCUT2D eigenvalue weighted by Crippen LogP contribution is -2.50. The third-order valence-electron chi connectivity index (χ3n) is 2.10. The molecule has 0 radical (unpaired) electrons. The maximum Gasteiger partial charge on any atom is 0.239 e. The Bertz CT molecular complexity index is 181. The molecular formula is C9H18N2O2. The zero-order valence-electron chi connectivity index (χ0n) is 8.30. The van der Waals surface area contributed by atoms with Crippen LogP contribution in [-0.4, -0.2) is 30.7 Å². The first kappa shape index (κ1) is 10.5. The van der Waals surface area contributed by atoms with Crippen LogP contribution in [0.15, 0.2) is 0 Å². The van der Waals surface area contributed by atoms with Crippen LogP contribution in [0.3, 0.4) is 0 Å². The van der Waals surface area contributed by atoms with Crippen molar-refractivity contribution in [3.05, 3.63) is 0 Å². The van der Waals surface area contributed by atoms with Crippen LogP contribution in [-0.2, 0) is 9.53 Å². The third-order valence-corrected chi connectivity index (χ3v) is 2.10. The Morgan fingerprint density at radius 1 is 1.69 bits per heavy atom. The number of nitrogens with one attached hydrogen (secondary N) is 1. The second kappa shape index (κ2) is 4.07. The van der Waals surface area contributed by atoms with Gasteiger partial charge in [0, 0.05) is 13.2 Å². The molecule has 0 aromatic rings. The summed E-state index contributed by atoms with van der Waals surface area (Å²) >= 11 is 0. The van der Waals surface area contributed by atoms with E-state index in [1.807, 2.05) is 0 Å². The number of ether oxygens (including phenoxy) is 1. The summed E-state index contributed by atoms with van der Waals surface area (Å²) in [6, 6.07) is 0. The van der Waals surface area contributed by atoms with Gasteiger partial charge in [-0.25, -0.2) is 0 Å². The minimum absolute atomic E-state index is 0.122. The minimum atomic E-state index is -0.793. The fourth-order valence-electron chi connectivity index (χ4n) is 1.24. The third kappa shape index (κ3) is 3.32. The van der Waals surface area contributed by atoms with Crippen molar-refractivity contribution in [2.24, 2.45) is 5.73 Å². The first-order valence-corrected chi connectivity index (χ1v) is 4.69. The molecule has 0 aromatic carbocycles. The van der Waals surface area contributed by atoms with E-state index < -0.39 is 5.54 Å². The van der Waals surface area contributed by atoms with Crippen molar-refractivity contribution < 1.29 is 9.53 Å². The molecule has 1 atom stereocenters. The highest BCUT2D eigenvalue weighted by Crippen LogP contribution is 2.10. The molecule has 1 aliphatic rings. The first-order valence-electron chi connectivity index (χ1n) is 4.69. The molecule has 0 bridgehead atoms. The molecule has 1 heterocycles. The van der Waals surface area contributed by atoms with E-state index in [-0.39, 0.29) is 12.0 Å². The van der Waals surface area contributed by atoms with Crippen molar-refractivity contribution in [1.29, 1.82) is 0 Å². The molecule has 1 aliphatic heterocycles. The van der Waals surface area contributed by atoms with Crippen LogP contribution < -0.4 is 11.1 Å². The van der Waals surface area contributed by atoms with Crippen molar-refractivity contribution in [2.75, 3.05) is 13.2 Å². The summed E-state index contributed by atoms with van der Waals surface area (Å²) in [7, 11) is 0. The molecule has 0 saturated carbocycles. The zero-order valence-corrected chi connectivity index (χ0v) is 8.30. The Balaban J connectivity index is 2.22. The molecule has 0 aromatic heterocycles. The quantitative estimate of drug-likeness (QED) is 0.653. The van der Waals surface area contributed by atoms with Gasteiger partial charge in [0.1, 0.15) is 0 Å². The smallest absolute Gasteiger partial charge is 0.239 e. The van der Waals surface area contributed by atoms with Gasteiger partial charge >= 0.3 is 0 Å². The van der Waals surface area contributed by atoms with Crippen molar-refractivity contribution in [3.63, 3.8) is 0 Å². The second-order valence-corrected chi connectivity index (χ2v) is 4.07. The van der Waals surface area contributed by atoms with Gasteiger partial charge in [-0.05, 0) is 26.7 Å². The predicted molar refractivity (Wildman–Crippen MR) is 50.3 cm³/mol. The highest BCUT2D eigenvalue weighted by atomic mass is 16.5. The van der Waals surface area contributed by atoms with Crippen LogP contribution in [0, 0.1) is 0 Å². The largest absolute Gasteiger partial charge is 0.376 e. The molecular weight excluding hydrogens is 168 g/mol. The predicted octanol–water partition coefficient (Wildman–Crippen LogP) is 0.0189. The average molecular weight is 186 g/mol. The summed E-state index contributed by atoms with van der Waals surface area (Å²) in [5.41, 5.74) is 4.82. The van der Waals surface area contributed by atoms with Crippen LogP contribution in [0.4, 0.5) is 0 Å². The average Bonchev–Trinajstić information content (AvgIpc) is 2.50. The van der Waals surface area contributed by atoms with Crippen molar-refractivity contribution >= 4 is 5.91 Å². The monoisotopic (exact) mass is 186 g/mol. The number of hydrogen-bond acceptors (Lipinski definition) is 3. The molecule has 4 heteroatoms. The van der Waals surface area contributed by atoms with Crippen molar-refractivity contribution in [1.82, 2.24) is 5.32 Å². The lowest BCUT2D eigenvalue weighted by Gasteiger charge is -2.19. The molecule has 0 unspecified atom stereocenters.